The Labute approximate surface area is 146 Å². The summed E-state index contributed by atoms with van der Waals surface area (Å²) < 4.78 is 33.8. The molecule has 0 saturated heterocycles. The van der Waals surface area contributed by atoms with Crippen LogP contribution in [0.1, 0.15) is 6.92 Å². The molecule has 1 N–H and O–H groups in total. The van der Waals surface area contributed by atoms with Crippen LogP contribution in [-0.4, -0.2) is 15.0 Å². The van der Waals surface area contributed by atoms with Gasteiger partial charge in [-0.25, -0.2) is 8.42 Å². The largest absolute Gasteiger partial charge is 0.493 e. The molecular weight excluding hydrogens is 346 g/mol. The van der Waals surface area contributed by atoms with Gasteiger partial charge in [0.2, 0.25) is 0 Å². The molecule has 0 bridgehead atoms. The van der Waals surface area contributed by atoms with Gasteiger partial charge in [-0.15, -0.1) is 0 Å². The number of sulfonamides is 1. The molecule has 6 heteroatoms. The third-order valence-corrected chi connectivity index (χ3v) is 5.30. The Bertz CT molecular complexity index is 986. The molecule has 0 saturated carbocycles. The minimum Gasteiger partial charge on any atom is -0.493 e. The Hall–Kier alpha value is -2.24. The zero-order valence-electron chi connectivity index (χ0n) is 13.0. The van der Waals surface area contributed by atoms with Crippen LogP contribution in [0.15, 0.2) is 65.6 Å². The molecule has 0 aliphatic carbocycles. The molecule has 0 fully saturated rings. The number of para-hydroxylation sites is 1. The maximum Gasteiger partial charge on any atom is 0.262 e. The number of rotatable bonds is 5. The molecular formula is C18H16ClNO3S. The number of nitrogens with one attached hydrogen (secondary N) is 1. The van der Waals surface area contributed by atoms with Gasteiger partial charge in [-0.2, -0.15) is 0 Å². The van der Waals surface area contributed by atoms with Gasteiger partial charge in [0, 0.05) is 10.8 Å². The Morgan fingerprint density at radius 1 is 0.958 bits per heavy atom. The van der Waals surface area contributed by atoms with Gasteiger partial charge in [0.15, 0.2) is 0 Å². The third-order valence-electron chi connectivity index (χ3n) is 3.55. The number of hydrogen-bond acceptors (Lipinski definition) is 3. The number of hydrogen-bond donors (Lipinski definition) is 1. The van der Waals surface area contributed by atoms with Gasteiger partial charge in [0.05, 0.1) is 22.2 Å². The zero-order valence-corrected chi connectivity index (χ0v) is 14.6. The van der Waals surface area contributed by atoms with E-state index in [1.165, 1.54) is 0 Å². The monoisotopic (exact) mass is 361 g/mol. The fourth-order valence-corrected chi connectivity index (χ4v) is 4.03. The minimum atomic E-state index is -3.78. The summed E-state index contributed by atoms with van der Waals surface area (Å²) in [4.78, 5) is 0.182. The first-order valence-electron chi connectivity index (χ1n) is 7.45. The van der Waals surface area contributed by atoms with E-state index in [4.69, 9.17) is 16.3 Å². The highest BCUT2D eigenvalue weighted by Gasteiger charge is 2.20. The third kappa shape index (κ3) is 3.18. The van der Waals surface area contributed by atoms with E-state index in [9.17, 15) is 8.42 Å². The van der Waals surface area contributed by atoms with Crippen molar-refractivity contribution in [2.24, 2.45) is 0 Å². The zero-order chi connectivity index (χ0) is 17.2. The van der Waals surface area contributed by atoms with Crippen molar-refractivity contribution in [1.82, 2.24) is 0 Å². The average molecular weight is 362 g/mol. The van der Waals surface area contributed by atoms with E-state index < -0.39 is 10.0 Å². The molecule has 3 aromatic rings. The van der Waals surface area contributed by atoms with Crippen LogP contribution in [0.4, 0.5) is 5.69 Å². The van der Waals surface area contributed by atoms with Crippen molar-refractivity contribution < 1.29 is 13.2 Å². The molecule has 0 unspecified atom stereocenters. The second-order valence-electron chi connectivity index (χ2n) is 5.13. The van der Waals surface area contributed by atoms with Gasteiger partial charge >= 0.3 is 0 Å². The van der Waals surface area contributed by atoms with Gasteiger partial charge < -0.3 is 4.74 Å². The molecule has 4 nitrogen and oxygen atoms in total. The van der Waals surface area contributed by atoms with Crippen LogP contribution in [0, 0.1) is 0 Å². The fourth-order valence-electron chi connectivity index (χ4n) is 2.50. The first-order valence-corrected chi connectivity index (χ1v) is 9.31. The molecule has 0 aliphatic heterocycles. The number of fused-ring (bicyclic) bond motifs is 1. The van der Waals surface area contributed by atoms with Gasteiger partial charge in [-0.1, -0.05) is 48.0 Å². The van der Waals surface area contributed by atoms with Gasteiger partial charge in [0.1, 0.15) is 5.75 Å². The molecule has 3 aromatic carbocycles. The Morgan fingerprint density at radius 2 is 1.62 bits per heavy atom. The van der Waals surface area contributed by atoms with Gasteiger partial charge in [0.25, 0.3) is 10.0 Å². The number of benzene rings is 3. The summed E-state index contributed by atoms with van der Waals surface area (Å²) in [6.45, 7) is 2.40. The van der Waals surface area contributed by atoms with E-state index in [0.29, 0.717) is 28.5 Å². The lowest BCUT2D eigenvalue weighted by Crippen LogP contribution is -2.13. The first-order chi connectivity index (χ1) is 11.5. The standard InChI is InChI=1S/C18H16ClNO3S/c1-2-23-17-11-12-18(14-8-4-3-7-13(14)17)24(21,22)20-16-10-6-5-9-15(16)19/h3-12,20H,2H2,1H3. The van der Waals surface area contributed by atoms with Crippen molar-refractivity contribution in [2.75, 3.05) is 11.3 Å². The van der Waals surface area contributed by atoms with Crippen LogP contribution in [0.5, 0.6) is 5.75 Å². The Morgan fingerprint density at radius 3 is 2.33 bits per heavy atom. The Balaban J connectivity index is 2.12. The van der Waals surface area contributed by atoms with Crippen molar-refractivity contribution >= 4 is 38.1 Å². The summed E-state index contributed by atoms with van der Waals surface area (Å²) in [7, 11) is -3.78. The summed E-state index contributed by atoms with van der Waals surface area (Å²) in [5.74, 6) is 0.657. The number of anilines is 1. The smallest absolute Gasteiger partial charge is 0.262 e. The second-order valence-corrected chi connectivity index (χ2v) is 7.18. The fraction of sp³-hybridized carbons (Fsp3) is 0.111. The lowest BCUT2D eigenvalue weighted by molar-refractivity contribution is 0.344. The summed E-state index contributed by atoms with van der Waals surface area (Å²) in [5.41, 5.74) is 0.345. The summed E-state index contributed by atoms with van der Waals surface area (Å²) in [6.07, 6.45) is 0. The lowest BCUT2D eigenvalue weighted by atomic mass is 10.1. The van der Waals surface area contributed by atoms with E-state index in [1.807, 2.05) is 19.1 Å². The minimum absolute atomic E-state index is 0.182. The summed E-state index contributed by atoms with van der Waals surface area (Å²) in [6, 6.07) is 17.2. The molecule has 124 valence electrons. The molecule has 0 aliphatic rings. The van der Waals surface area contributed by atoms with Crippen LogP contribution in [0.25, 0.3) is 10.8 Å². The van der Waals surface area contributed by atoms with Crippen molar-refractivity contribution in [3.8, 4) is 5.75 Å². The van der Waals surface area contributed by atoms with E-state index >= 15 is 0 Å². The molecule has 0 radical (unpaired) electrons. The predicted octanol–water partition coefficient (Wildman–Crippen LogP) is 4.69. The average Bonchev–Trinajstić information content (AvgIpc) is 2.57. The molecule has 3 rings (SSSR count). The van der Waals surface area contributed by atoms with Crippen LogP contribution in [-0.2, 0) is 10.0 Å². The van der Waals surface area contributed by atoms with Crippen LogP contribution >= 0.6 is 11.6 Å². The topological polar surface area (TPSA) is 55.4 Å². The van der Waals surface area contributed by atoms with Crippen LogP contribution in [0.3, 0.4) is 0 Å². The highest BCUT2D eigenvalue weighted by atomic mass is 35.5. The van der Waals surface area contributed by atoms with Gasteiger partial charge in [-0.3, -0.25) is 4.72 Å². The molecule has 0 atom stereocenters. The van der Waals surface area contributed by atoms with Crippen molar-refractivity contribution in [3.05, 3.63) is 65.7 Å². The summed E-state index contributed by atoms with van der Waals surface area (Å²) in [5, 5.41) is 1.70. The van der Waals surface area contributed by atoms with Crippen LogP contribution < -0.4 is 9.46 Å². The maximum atomic E-state index is 12.8. The lowest BCUT2D eigenvalue weighted by Gasteiger charge is -2.14. The molecule has 24 heavy (non-hydrogen) atoms. The number of ether oxygens (including phenoxy) is 1. The van der Waals surface area contributed by atoms with E-state index in [1.54, 1.807) is 48.5 Å². The van der Waals surface area contributed by atoms with E-state index in [2.05, 4.69) is 4.72 Å². The molecule has 0 aromatic heterocycles. The van der Waals surface area contributed by atoms with E-state index in [-0.39, 0.29) is 4.90 Å². The Kier molecular flexibility index (Phi) is 4.64. The maximum absolute atomic E-state index is 12.8. The normalized spacial score (nSPS) is 11.4. The van der Waals surface area contributed by atoms with Crippen LogP contribution in [0.2, 0.25) is 5.02 Å². The highest BCUT2D eigenvalue weighted by Crippen LogP contribution is 2.32. The SMILES string of the molecule is CCOc1ccc(S(=O)(=O)Nc2ccccc2Cl)c2ccccc12. The quantitative estimate of drug-likeness (QED) is 0.717. The first kappa shape index (κ1) is 16.6. The van der Waals surface area contributed by atoms with E-state index in [0.717, 1.165) is 5.39 Å². The number of halogens is 1. The van der Waals surface area contributed by atoms with Crippen molar-refractivity contribution in [1.29, 1.82) is 0 Å². The molecule has 0 heterocycles. The van der Waals surface area contributed by atoms with Gasteiger partial charge in [-0.05, 0) is 31.2 Å². The highest BCUT2D eigenvalue weighted by molar-refractivity contribution is 7.93. The molecule has 0 spiro atoms. The second kappa shape index (κ2) is 6.71. The predicted molar refractivity (Wildman–Crippen MR) is 97.4 cm³/mol. The van der Waals surface area contributed by atoms with Crippen molar-refractivity contribution in [3.63, 3.8) is 0 Å². The molecule has 0 amide bonds. The van der Waals surface area contributed by atoms with Crippen molar-refractivity contribution in [2.45, 2.75) is 11.8 Å². The summed E-state index contributed by atoms with van der Waals surface area (Å²) >= 11 is 6.06.